The Bertz CT molecular complexity index is 1160. The number of aliphatic hydroxyl groups is 1. The molecular weight excluding hydrogens is 406 g/mol. The van der Waals surface area contributed by atoms with Crippen LogP contribution in [0.25, 0.3) is 11.0 Å². The number of amides is 1. The first-order chi connectivity index (χ1) is 15.4. The fourth-order valence-electron chi connectivity index (χ4n) is 4.11. The normalized spacial score (nSPS) is 16.6. The molecule has 4 rings (SSSR count). The van der Waals surface area contributed by atoms with Crippen LogP contribution in [0.15, 0.2) is 70.3 Å². The number of carbonyl (C=O) groups excluding carboxylic acids is 2. The average Bonchev–Trinajstić information content (AvgIpc) is 3.31. The van der Waals surface area contributed by atoms with Gasteiger partial charge in [-0.15, -0.1) is 0 Å². The number of para-hydroxylation sites is 1. The lowest BCUT2D eigenvalue weighted by Crippen LogP contribution is -2.33. The predicted octanol–water partition coefficient (Wildman–Crippen LogP) is 5.13. The van der Waals surface area contributed by atoms with Crippen LogP contribution in [0.3, 0.4) is 0 Å². The van der Waals surface area contributed by atoms with Gasteiger partial charge in [0.25, 0.3) is 5.91 Å². The highest BCUT2D eigenvalue weighted by Crippen LogP contribution is 2.40. The minimum absolute atomic E-state index is 0.0492. The molecule has 1 aromatic heterocycles. The second kappa shape index (κ2) is 9.01. The Kier molecular flexibility index (Phi) is 6.15. The van der Waals surface area contributed by atoms with E-state index in [4.69, 9.17) is 9.15 Å². The summed E-state index contributed by atoms with van der Waals surface area (Å²) in [4.78, 5) is 28.1. The number of carbonyl (C=O) groups is 2. The minimum Gasteiger partial charge on any atom is -0.503 e. The fourth-order valence-corrected chi connectivity index (χ4v) is 4.11. The minimum atomic E-state index is -0.691. The molecule has 2 heterocycles. The Morgan fingerprint density at radius 1 is 1.16 bits per heavy atom. The van der Waals surface area contributed by atoms with Gasteiger partial charge in [-0.2, -0.15) is 0 Å². The quantitative estimate of drug-likeness (QED) is 0.393. The maximum Gasteiger partial charge on any atom is 0.290 e. The van der Waals surface area contributed by atoms with Crippen molar-refractivity contribution in [1.82, 2.24) is 4.90 Å². The smallest absolute Gasteiger partial charge is 0.290 e. The van der Waals surface area contributed by atoms with Gasteiger partial charge in [-0.3, -0.25) is 9.59 Å². The largest absolute Gasteiger partial charge is 0.503 e. The summed E-state index contributed by atoms with van der Waals surface area (Å²) in [6.07, 6.45) is 0.680. The molecule has 1 aliphatic rings. The number of hydrogen-bond donors (Lipinski definition) is 1. The third-order valence-corrected chi connectivity index (χ3v) is 5.68. The summed E-state index contributed by atoms with van der Waals surface area (Å²) < 4.78 is 11.4. The van der Waals surface area contributed by atoms with Gasteiger partial charge in [0.2, 0.25) is 5.78 Å². The topological polar surface area (TPSA) is 80.0 Å². The van der Waals surface area contributed by atoms with Gasteiger partial charge in [0.15, 0.2) is 11.5 Å². The van der Waals surface area contributed by atoms with Crippen LogP contribution in [-0.4, -0.2) is 41.0 Å². The van der Waals surface area contributed by atoms with Crippen molar-refractivity contribution in [2.75, 3.05) is 13.2 Å². The molecule has 0 spiro atoms. The summed E-state index contributed by atoms with van der Waals surface area (Å²) in [6, 6.07) is 15.9. The number of fused-ring (bicyclic) bond motifs is 1. The lowest BCUT2D eigenvalue weighted by Gasteiger charge is -2.28. The molecule has 1 aliphatic heterocycles. The highest BCUT2D eigenvalue weighted by atomic mass is 16.5. The monoisotopic (exact) mass is 433 g/mol. The van der Waals surface area contributed by atoms with E-state index in [0.717, 1.165) is 16.5 Å². The van der Waals surface area contributed by atoms with E-state index in [1.165, 1.54) is 0 Å². The van der Waals surface area contributed by atoms with Gasteiger partial charge in [-0.25, -0.2) is 0 Å². The van der Waals surface area contributed by atoms with Gasteiger partial charge in [0, 0.05) is 18.5 Å². The zero-order chi connectivity index (χ0) is 22.8. The highest BCUT2D eigenvalue weighted by Gasteiger charge is 2.44. The molecule has 3 aromatic rings. The molecule has 0 saturated carbocycles. The number of Topliss-reactive ketones (excluding diaryl/α,β-unsaturated/α-hetero) is 1. The number of aliphatic hydroxyl groups excluding tert-OH is 1. The second-order valence-electron chi connectivity index (χ2n) is 8.27. The number of hydrogen-bond acceptors (Lipinski definition) is 5. The SMILES string of the molecule is Cc1ccccc1C1C(C(=O)c2cc3ccccc3o2)=C(O)C(=O)N1CCCOC(C)C. The van der Waals surface area contributed by atoms with Crippen LogP contribution in [0.1, 0.15) is 48.0 Å². The van der Waals surface area contributed by atoms with Crippen LogP contribution >= 0.6 is 0 Å². The van der Waals surface area contributed by atoms with Crippen molar-refractivity contribution in [3.63, 3.8) is 0 Å². The van der Waals surface area contributed by atoms with Crippen LogP contribution in [0.5, 0.6) is 0 Å². The van der Waals surface area contributed by atoms with Crippen molar-refractivity contribution < 1.29 is 23.8 Å². The van der Waals surface area contributed by atoms with Crippen molar-refractivity contribution in [2.24, 2.45) is 0 Å². The number of benzene rings is 2. The number of ketones is 1. The zero-order valence-electron chi connectivity index (χ0n) is 18.5. The Hall–Kier alpha value is -3.38. The molecule has 0 fully saturated rings. The molecule has 1 atom stereocenters. The third-order valence-electron chi connectivity index (χ3n) is 5.68. The Morgan fingerprint density at radius 3 is 2.59 bits per heavy atom. The average molecular weight is 434 g/mol. The van der Waals surface area contributed by atoms with Crippen LogP contribution in [0.2, 0.25) is 0 Å². The molecular formula is C26H27NO5. The van der Waals surface area contributed by atoms with E-state index in [9.17, 15) is 14.7 Å². The van der Waals surface area contributed by atoms with E-state index in [2.05, 4.69) is 0 Å². The van der Waals surface area contributed by atoms with Gasteiger partial charge in [-0.1, -0.05) is 42.5 Å². The molecule has 0 aliphatic carbocycles. The van der Waals surface area contributed by atoms with Gasteiger partial charge in [-0.05, 0) is 50.5 Å². The first-order valence-corrected chi connectivity index (χ1v) is 10.8. The Morgan fingerprint density at radius 2 is 1.88 bits per heavy atom. The zero-order valence-corrected chi connectivity index (χ0v) is 18.5. The van der Waals surface area contributed by atoms with Crippen molar-refractivity contribution in [3.05, 3.63) is 82.8 Å². The van der Waals surface area contributed by atoms with E-state index < -0.39 is 23.5 Å². The molecule has 0 radical (unpaired) electrons. The lowest BCUT2D eigenvalue weighted by atomic mass is 9.92. The lowest BCUT2D eigenvalue weighted by molar-refractivity contribution is -0.129. The van der Waals surface area contributed by atoms with E-state index in [1.54, 1.807) is 17.0 Å². The Balaban J connectivity index is 1.72. The number of rotatable bonds is 8. The molecule has 1 amide bonds. The van der Waals surface area contributed by atoms with Crippen LogP contribution in [0.4, 0.5) is 0 Å². The summed E-state index contributed by atoms with van der Waals surface area (Å²) in [5.74, 6) is -1.46. The first kappa shape index (κ1) is 21.8. The van der Waals surface area contributed by atoms with E-state index in [1.807, 2.05) is 63.2 Å². The molecule has 0 bridgehead atoms. The van der Waals surface area contributed by atoms with Crippen LogP contribution < -0.4 is 0 Å². The fraction of sp³-hybridized carbons (Fsp3) is 0.308. The summed E-state index contributed by atoms with van der Waals surface area (Å²) in [6.45, 7) is 6.67. The van der Waals surface area contributed by atoms with E-state index in [-0.39, 0.29) is 17.4 Å². The van der Waals surface area contributed by atoms with Crippen molar-refractivity contribution >= 4 is 22.7 Å². The number of nitrogens with zero attached hydrogens (tertiary/aromatic N) is 1. The van der Waals surface area contributed by atoms with Crippen molar-refractivity contribution in [3.8, 4) is 0 Å². The molecule has 6 heteroatoms. The molecule has 0 saturated heterocycles. The molecule has 1 unspecified atom stereocenters. The highest BCUT2D eigenvalue weighted by molar-refractivity contribution is 6.16. The number of ether oxygens (including phenoxy) is 1. The van der Waals surface area contributed by atoms with Gasteiger partial charge >= 0.3 is 0 Å². The molecule has 32 heavy (non-hydrogen) atoms. The third kappa shape index (κ3) is 4.06. The second-order valence-corrected chi connectivity index (χ2v) is 8.27. The molecule has 166 valence electrons. The van der Waals surface area contributed by atoms with Crippen molar-refractivity contribution in [2.45, 2.75) is 39.3 Å². The van der Waals surface area contributed by atoms with Crippen LogP contribution in [-0.2, 0) is 9.53 Å². The van der Waals surface area contributed by atoms with Gasteiger partial charge in [0.05, 0.1) is 17.7 Å². The van der Waals surface area contributed by atoms with E-state index in [0.29, 0.717) is 25.2 Å². The Labute approximate surface area is 187 Å². The summed E-state index contributed by atoms with van der Waals surface area (Å²) in [7, 11) is 0. The maximum atomic E-state index is 13.5. The first-order valence-electron chi connectivity index (χ1n) is 10.8. The summed E-state index contributed by atoms with van der Waals surface area (Å²) in [5, 5.41) is 11.6. The van der Waals surface area contributed by atoms with Crippen molar-refractivity contribution in [1.29, 1.82) is 0 Å². The number of aryl methyl sites for hydroxylation is 1. The van der Waals surface area contributed by atoms with Crippen LogP contribution in [0, 0.1) is 6.92 Å². The summed E-state index contributed by atoms with van der Waals surface area (Å²) in [5.41, 5.74) is 2.36. The summed E-state index contributed by atoms with van der Waals surface area (Å²) >= 11 is 0. The molecule has 1 N–H and O–H groups in total. The van der Waals surface area contributed by atoms with Gasteiger partial charge in [0.1, 0.15) is 5.58 Å². The standard InChI is InChI=1S/C26H27NO5/c1-16(2)31-14-8-13-27-23(19-11-6-4-9-17(19)3)22(25(29)26(27)30)24(28)21-15-18-10-5-7-12-20(18)32-21/h4-7,9-12,15-16,23,29H,8,13-14H2,1-3H3. The maximum absolute atomic E-state index is 13.5. The molecule has 2 aromatic carbocycles. The molecule has 6 nitrogen and oxygen atoms in total. The predicted molar refractivity (Wildman–Crippen MR) is 122 cm³/mol. The van der Waals surface area contributed by atoms with Gasteiger partial charge < -0.3 is 19.2 Å². The number of furan rings is 1. The van der Waals surface area contributed by atoms with E-state index >= 15 is 0 Å².